The number of nitrogens with one attached hydrogen (secondary N) is 2. The van der Waals surface area contributed by atoms with Crippen molar-refractivity contribution in [1.82, 2.24) is 15.0 Å². The summed E-state index contributed by atoms with van der Waals surface area (Å²) in [4.78, 5) is 22.9. The van der Waals surface area contributed by atoms with E-state index in [0.717, 1.165) is 16.0 Å². The number of hydrogen-bond acceptors (Lipinski definition) is 9. The number of methoxy groups -OCH3 is 1. The van der Waals surface area contributed by atoms with Crippen molar-refractivity contribution in [3.8, 4) is 5.75 Å². The molecule has 0 unspecified atom stereocenters. The zero-order valence-electron chi connectivity index (χ0n) is 12.2. The summed E-state index contributed by atoms with van der Waals surface area (Å²) < 4.78 is 6.07. The number of ether oxygens (including phenoxy) is 1. The smallest absolute Gasteiger partial charge is 0.353 e. The molecule has 0 aliphatic carbocycles. The van der Waals surface area contributed by atoms with Crippen LogP contribution in [0.25, 0.3) is 10.2 Å². The molecule has 10 heteroatoms. The Morgan fingerprint density at radius 1 is 1.30 bits per heavy atom. The molecule has 2 N–H and O–H groups in total. The molecule has 0 spiro atoms. The molecule has 3 rings (SSSR count). The summed E-state index contributed by atoms with van der Waals surface area (Å²) >= 11 is 1.35. The first-order valence-electron chi connectivity index (χ1n) is 6.51. The van der Waals surface area contributed by atoms with Crippen LogP contribution in [0.3, 0.4) is 0 Å². The molecular weight excluding hydrogens is 320 g/mol. The second kappa shape index (κ2) is 6.01. The van der Waals surface area contributed by atoms with Crippen molar-refractivity contribution in [2.75, 3.05) is 24.8 Å². The lowest BCUT2D eigenvalue weighted by atomic mass is 10.3. The van der Waals surface area contributed by atoms with Crippen molar-refractivity contribution in [3.63, 3.8) is 0 Å². The molecule has 2 aromatic heterocycles. The fourth-order valence-corrected chi connectivity index (χ4v) is 2.91. The van der Waals surface area contributed by atoms with E-state index in [1.807, 2.05) is 12.1 Å². The highest BCUT2D eigenvalue weighted by molar-refractivity contribution is 7.22. The maximum atomic E-state index is 11.3. The number of rotatable bonds is 5. The molecule has 2 heterocycles. The summed E-state index contributed by atoms with van der Waals surface area (Å²) in [5, 5.41) is 17.3. The van der Waals surface area contributed by atoms with Gasteiger partial charge in [0.15, 0.2) is 5.13 Å². The third-order valence-corrected chi connectivity index (χ3v) is 4.00. The van der Waals surface area contributed by atoms with Gasteiger partial charge in [0.1, 0.15) is 12.1 Å². The van der Waals surface area contributed by atoms with Crippen molar-refractivity contribution < 1.29 is 9.66 Å². The third-order valence-electron chi connectivity index (χ3n) is 3.06. The van der Waals surface area contributed by atoms with Gasteiger partial charge in [-0.2, -0.15) is 0 Å². The van der Waals surface area contributed by atoms with Crippen LogP contribution in [0.2, 0.25) is 0 Å². The number of aromatic nitrogens is 3. The van der Waals surface area contributed by atoms with E-state index in [1.165, 1.54) is 17.7 Å². The van der Waals surface area contributed by atoms with Crippen molar-refractivity contribution in [1.29, 1.82) is 0 Å². The highest BCUT2D eigenvalue weighted by atomic mass is 32.1. The lowest BCUT2D eigenvalue weighted by Gasteiger charge is -2.05. The van der Waals surface area contributed by atoms with Gasteiger partial charge in [-0.1, -0.05) is 11.3 Å². The first-order chi connectivity index (χ1) is 11.1. The molecule has 0 bridgehead atoms. The summed E-state index contributed by atoms with van der Waals surface area (Å²) in [5.74, 6) is 0.939. The zero-order valence-corrected chi connectivity index (χ0v) is 13.0. The second-order valence-corrected chi connectivity index (χ2v) is 5.43. The van der Waals surface area contributed by atoms with Gasteiger partial charge in [-0.05, 0) is 18.2 Å². The van der Waals surface area contributed by atoms with Crippen LogP contribution in [0.15, 0.2) is 24.5 Å². The first-order valence-corrected chi connectivity index (χ1v) is 7.32. The molecule has 0 saturated carbocycles. The quantitative estimate of drug-likeness (QED) is 0.541. The molecule has 3 aromatic rings. The number of anilines is 3. The molecule has 0 aliphatic heterocycles. The molecule has 0 radical (unpaired) electrons. The number of thiazole rings is 1. The average molecular weight is 332 g/mol. The van der Waals surface area contributed by atoms with Crippen LogP contribution in [0.1, 0.15) is 0 Å². The van der Waals surface area contributed by atoms with Gasteiger partial charge in [0.2, 0.25) is 11.6 Å². The Morgan fingerprint density at radius 2 is 2.09 bits per heavy atom. The van der Waals surface area contributed by atoms with Crippen LogP contribution in [0.5, 0.6) is 5.75 Å². The number of fused-ring (bicyclic) bond motifs is 1. The van der Waals surface area contributed by atoms with Crippen molar-refractivity contribution in [2.45, 2.75) is 0 Å². The van der Waals surface area contributed by atoms with Gasteiger partial charge >= 0.3 is 5.69 Å². The van der Waals surface area contributed by atoms with E-state index >= 15 is 0 Å². The first kappa shape index (κ1) is 14.9. The molecule has 0 fully saturated rings. The van der Waals surface area contributed by atoms with Crippen LogP contribution in [-0.4, -0.2) is 34.0 Å². The van der Waals surface area contributed by atoms with Gasteiger partial charge in [0.25, 0.3) is 0 Å². The van der Waals surface area contributed by atoms with Gasteiger partial charge in [0.05, 0.1) is 22.2 Å². The molecular formula is C13H12N6O3S. The van der Waals surface area contributed by atoms with Gasteiger partial charge in [-0.15, -0.1) is 0 Å². The Hall–Kier alpha value is -3.01. The summed E-state index contributed by atoms with van der Waals surface area (Å²) in [6, 6.07) is 5.48. The molecule has 9 nitrogen and oxygen atoms in total. The van der Waals surface area contributed by atoms with Gasteiger partial charge in [-0.3, -0.25) is 10.1 Å². The van der Waals surface area contributed by atoms with Gasteiger partial charge in [0, 0.05) is 7.05 Å². The van der Waals surface area contributed by atoms with Crippen LogP contribution in [0.4, 0.5) is 22.5 Å². The minimum atomic E-state index is -0.537. The topological polar surface area (TPSA) is 115 Å². The minimum absolute atomic E-state index is 0.0837. The SMILES string of the molecule is CNc1ncnc(Nc2nc3ccc(OC)cc3s2)c1[N+](=O)[O-]. The van der Waals surface area contributed by atoms with E-state index in [9.17, 15) is 10.1 Å². The van der Waals surface area contributed by atoms with Crippen LogP contribution in [-0.2, 0) is 0 Å². The van der Waals surface area contributed by atoms with Crippen LogP contribution in [0, 0.1) is 10.1 Å². The lowest BCUT2D eigenvalue weighted by Crippen LogP contribution is -2.05. The molecule has 0 aliphatic rings. The summed E-state index contributed by atoms with van der Waals surface area (Å²) in [7, 11) is 3.15. The van der Waals surface area contributed by atoms with Crippen molar-refractivity contribution >= 4 is 44.0 Å². The molecule has 118 valence electrons. The van der Waals surface area contributed by atoms with E-state index < -0.39 is 4.92 Å². The van der Waals surface area contributed by atoms with Gasteiger partial charge in [-0.25, -0.2) is 15.0 Å². The Balaban J connectivity index is 2.00. The van der Waals surface area contributed by atoms with E-state index in [4.69, 9.17) is 4.74 Å². The van der Waals surface area contributed by atoms with E-state index in [2.05, 4.69) is 25.6 Å². The monoisotopic (exact) mass is 332 g/mol. The summed E-state index contributed by atoms with van der Waals surface area (Å²) in [6.07, 6.45) is 1.25. The number of benzene rings is 1. The van der Waals surface area contributed by atoms with Crippen molar-refractivity contribution in [2.24, 2.45) is 0 Å². The molecule has 1 aromatic carbocycles. The molecule has 0 saturated heterocycles. The normalized spacial score (nSPS) is 10.5. The summed E-state index contributed by atoms with van der Waals surface area (Å²) in [6.45, 7) is 0. The number of nitro groups is 1. The largest absolute Gasteiger partial charge is 0.497 e. The van der Waals surface area contributed by atoms with E-state index in [1.54, 1.807) is 20.2 Å². The summed E-state index contributed by atoms with van der Waals surface area (Å²) in [5.41, 5.74) is 0.538. The highest BCUT2D eigenvalue weighted by Crippen LogP contribution is 2.34. The predicted octanol–water partition coefficient (Wildman–Crippen LogP) is 2.79. The average Bonchev–Trinajstić information content (AvgIpc) is 2.95. The maximum absolute atomic E-state index is 11.3. The van der Waals surface area contributed by atoms with Crippen molar-refractivity contribution in [3.05, 3.63) is 34.6 Å². The fraction of sp³-hybridized carbons (Fsp3) is 0.154. The fourth-order valence-electron chi connectivity index (χ4n) is 2.01. The molecule has 0 atom stereocenters. The molecule has 0 amide bonds. The molecule has 23 heavy (non-hydrogen) atoms. The van der Waals surface area contributed by atoms with E-state index in [-0.39, 0.29) is 17.3 Å². The Bertz CT molecular complexity index is 881. The van der Waals surface area contributed by atoms with Gasteiger partial charge < -0.3 is 15.4 Å². The standard InChI is InChI=1S/C13H12N6O3S/c1-14-11-10(19(20)21)12(16-6-15-11)18-13-17-8-4-3-7(22-2)5-9(8)23-13/h3-6H,1-2H3,(H2,14,15,16,17,18). The van der Waals surface area contributed by atoms with E-state index in [0.29, 0.717) is 5.13 Å². The maximum Gasteiger partial charge on any atom is 0.353 e. The van der Waals surface area contributed by atoms with Crippen LogP contribution >= 0.6 is 11.3 Å². The lowest BCUT2D eigenvalue weighted by molar-refractivity contribution is -0.383. The highest BCUT2D eigenvalue weighted by Gasteiger charge is 2.23. The Kier molecular flexibility index (Phi) is 3.89. The number of hydrogen-bond donors (Lipinski definition) is 2. The number of nitrogens with zero attached hydrogens (tertiary/aromatic N) is 4. The zero-order chi connectivity index (χ0) is 16.4. The van der Waals surface area contributed by atoms with Crippen LogP contribution < -0.4 is 15.4 Å². The Labute approximate surface area is 134 Å². The predicted molar refractivity (Wildman–Crippen MR) is 87.7 cm³/mol. The minimum Gasteiger partial charge on any atom is -0.497 e. The second-order valence-electron chi connectivity index (χ2n) is 4.40. The Morgan fingerprint density at radius 3 is 2.78 bits per heavy atom. The third kappa shape index (κ3) is 2.83.